The highest BCUT2D eigenvalue weighted by Gasteiger charge is 2.35. The third-order valence-electron chi connectivity index (χ3n) is 5.30. The lowest BCUT2D eigenvalue weighted by atomic mass is 10.1. The highest BCUT2D eigenvalue weighted by Crippen LogP contribution is 2.40. The van der Waals surface area contributed by atoms with Crippen molar-refractivity contribution in [3.05, 3.63) is 49.3 Å². The molecule has 174 valence electrons. The van der Waals surface area contributed by atoms with Gasteiger partial charge in [-0.1, -0.05) is 15.9 Å². The Labute approximate surface area is 195 Å². The van der Waals surface area contributed by atoms with Gasteiger partial charge < -0.3 is 18.8 Å². The van der Waals surface area contributed by atoms with Gasteiger partial charge in [0.1, 0.15) is 12.2 Å². The molecule has 1 atom stereocenters. The van der Waals surface area contributed by atoms with Crippen molar-refractivity contribution in [2.75, 3.05) is 14.2 Å². The number of aryl methyl sites for hydroxylation is 1. The summed E-state index contributed by atoms with van der Waals surface area (Å²) < 4.78 is 21.2. The highest BCUT2D eigenvalue weighted by molar-refractivity contribution is 9.10. The third kappa shape index (κ3) is 3.67. The number of imidazole rings is 1. The number of methoxy groups -OCH3 is 2. The van der Waals surface area contributed by atoms with Crippen LogP contribution in [0, 0.1) is 0 Å². The molecule has 0 bridgehead atoms. The number of hydrazone groups is 1. The molecule has 1 aliphatic heterocycles. The number of halogens is 1. The van der Waals surface area contributed by atoms with Crippen LogP contribution in [0.4, 0.5) is 0 Å². The van der Waals surface area contributed by atoms with E-state index in [1.165, 1.54) is 44.1 Å². The first-order valence-electron chi connectivity index (χ1n) is 9.74. The summed E-state index contributed by atoms with van der Waals surface area (Å²) in [4.78, 5) is 41.2. The number of rotatable bonds is 5. The predicted molar refractivity (Wildman–Crippen MR) is 121 cm³/mol. The number of carbonyl (C=O) groups is 1. The Balaban J connectivity index is 1.73. The lowest BCUT2D eigenvalue weighted by Crippen LogP contribution is -2.37. The van der Waals surface area contributed by atoms with Gasteiger partial charge in [0.05, 0.1) is 20.5 Å². The molecule has 3 heterocycles. The monoisotopic (exact) mass is 520 g/mol. The molecular weight excluding hydrogens is 500 g/mol. The van der Waals surface area contributed by atoms with E-state index in [1.807, 2.05) is 0 Å². The molecule has 1 aliphatic rings. The fourth-order valence-electron chi connectivity index (χ4n) is 3.63. The van der Waals surface area contributed by atoms with Crippen LogP contribution in [0.1, 0.15) is 18.7 Å². The van der Waals surface area contributed by atoms with Crippen LogP contribution in [0.2, 0.25) is 0 Å². The van der Waals surface area contributed by atoms with Gasteiger partial charge in [-0.3, -0.25) is 18.7 Å². The van der Waals surface area contributed by atoms with Crippen LogP contribution in [0.5, 0.6) is 11.5 Å². The van der Waals surface area contributed by atoms with Crippen molar-refractivity contribution in [2.45, 2.75) is 19.7 Å². The molecule has 1 amide bonds. The minimum atomic E-state index is -0.863. The topological polar surface area (TPSA) is 122 Å². The second-order valence-electron chi connectivity index (χ2n) is 7.31. The first-order valence-corrected chi connectivity index (χ1v) is 10.5. The quantitative estimate of drug-likeness (QED) is 0.493. The summed E-state index contributed by atoms with van der Waals surface area (Å²) in [6.07, 6.45) is 0.563. The first kappa shape index (κ1) is 22.6. The molecule has 1 aromatic carbocycles. The van der Waals surface area contributed by atoms with Crippen LogP contribution < -0.4 is 20.7 Å². The van der Waals surface area contributed by atoms with Crippen molar-refractivity contribution in [2.24, 2.45) is 19.2 Å². The molecule has 0 fully saturated rings. The predicted octanol–water partition coefficient (Wildman–Crippen LogP) is 1.10. The molecule has 3 aromatic rings. The van der Waals surface area contributed by atoms with Crippen LogP contribution in [-0.2, 0) is 30.2 Å². The molecule has 0 N–H and O–H groups in total. The Morgan fingerprint density at radius 3 is 2.45 bits per heavy atom. The van der Waals surface area contributed by atoms with Crippen molar-refractivity contribution in [3.63, 3.8) is 0 Å². The molecule has 0 saturated heterocycles. The molecule has 12 nitrogen and oxygen atoms in total. The number of benzene rings is 1. The zero-order chi connectivity index (χ0) is 24.0. The summed E-state index contributed by atoms with van der Waals surface area (Å²) in [6, 6.07) is 3.41. The number of aromatic nitrogens is 4. The average molecular weight is 521 g/mol. The van der Waals surface area contributed by atoms with Crippen LogP contribution >= 0.6 is 15.9 Å². The summed E-state index contributed by atoms with van der Waals surface area (Å²) >= 11 is 3.49. The maximum absolute atomic E-state index is 12.4. The normalized spacial score (nSPS) is 15.5. The van der Waals surface area contributed by atoms with Gasteiger partial charge in [-0.05, 0) is 12.1 Å². The Morgan fingerprint density at radius 1 is 1.15 bits per heavy atom. The summed E-state index contributed by atoms with van der Waals surface area (Å²) in [7, 11) is 5.97. The number of nitrogens with zero attached hydrogens (tertiary/aromatic N) is 6. The van der Waals surface area contributed by atoms with E-state index >= 15 is 0 Å². The molecule has 0 spiro atoms. The van der Waals surface area contributed by atoms with Crippen molar-refractivity contribution in [1.82, 2.24) is 23.7 Å². The molecule has 0 unspecified atom stereocenters. The SMILES string of the molecule is COc1cc(Br)c([C@H]2OC(Cn3cnc4c(=O)n(C)c(=O)n(C)c43)=NN2C(C)=O)cc1OC. The zero-order valence-corrected chi connectivity index (χ0v) is 20.1. The van der Waals surface area contributed by atoms with Gasteiger partial charge in [0.2, 0.25) is 18.0 Å². The van der Waals surface area contributed by atoms with Gasteiger partial charge in [0.15, 0.2) is 17.0 Å². The third-order valence-corrected chi connectivity index (χ3v) is 5.98. The van der Waals surface area contributed by atoms with E-state index in [9.17, 15) is 14.4 Å². The molecule has 2 aromatic heterocycles. The van der Waals surface area contributed by atoms with Crippen molar-refractivity contribution in [3.8, 4) is 11.5 Å². The number of hydrogen-bond donors (Lipinski definition) is 0. The number of ether oxygens (including phenoxy) is 3. The van der Waals surface area contributed by atoms with E-state index in [0.29, 0.717) is 27.2 Å². The van der Waals surface area contributed by atoms with Crippen molar-refractivity contribution < 1.29 is 19.0 Å². The minimum Gasteiger partial charge on any atom is -0.493 e. The van der Waals surface area contributed by atoms with Crippen LogP contribution in [0.15, 0.2) is 37.6 Å². The second kappa shape index (κ2) is 8.39. The van der Waals surface area contributed by atoms with E-state index in [2.05, 4.69) is 26.0 Å². The first-order chi connectivity index (χ1) is 15.7. The average Bonchev–Trinajstić information content (AvgIpc) is 3.41. The number of amides is 1. The lowest BCUT2D eigenvalue weighted by Gasteiger charge is -2.22. The smallest absolute Gasteiger partial charge is 0.332 e. The largest absolute Gasteiger partial charge is 0.493 e. The molecule has 13 heteroatoms. The maximum Gasteiger partial charge on any atom is 0.332 e. The molecule has 33 heavy (non-hydrogen) atoms. The van der Waals surface area contributed by atoms with Gasteiger partial charge in [0, 0.05) is 31.1 Å². The van der Waals surface area contributed by atoms with E-state index in [0.717, 1.165) is 4.57 Å². The lowest BCUT2D eigenvalue weighted by molar-refractivity contribution is -0.135. The van der Waals surface area contributed by atoms with E-state index in [4.69, 9.17) is 14.2 Å². The fraction of sp³-hybridized carbons (Fsp3) is 0.350. The Kier molecular flexibility index (Phi) is 5.74. The van der Waals surface area contributed by atoms with Crippen LogP contribution in [0.25, 0.3) is 11.2 Å². The van der Waals surface area contributed by atoms with Gasteiger partial charge >= 0.3 is 5.69 Å². The van der Waals surface area contributed by atoms with E-state index in [1.54, 1.807) is 23.7 Å². The number of carbonyl (C=O) groups excluding carboxylic acids is 1. The highest BCUT2D eigenvalue weighted by atomic mass is 79.9. The second-order valence-corrected chi connectivity index (χ2v) is 8.16. The van der Waals surface area contributed by atoms with Gasteiger partial charge in [-0.15, -0.1) is 5.10 Å². The van der Waals surface area contributed by atoms with Crippen molar-refractivity contribution in [1.29, 1.82) is 0 Å². The summed E-state index contributed by atoms with van der Waals surface area (Å²) in [5.41, 5.74) is 0.0679. The van der Waals surface area contributed by atoms with Gasteiger partial charge in [-0.2, -0.15) is 5.01 Å². The van der Waals surface area contributed by atoms with Gasteiger partial charge in [0.25, 0.3) is 5.56 Å². The Bertz CT molecular complexity index is 1420. The summed E-state index contributed by atoms with van der Waals surface area (Å²) in [5.74, 6) is 0.828. The molecule has 4 rings (SSSR count). The minimum absolute atomic E-state index is 0.0438. The zero-order valence-electron chi connectivity index (χ0n) is 18.5. The molecule has 0 saturated carbocycles. The molecular formula is C20H21BrN6O6. The molecule has 0 aliphatic carbocycles. The van der Waals surface area contributed by atoms with Crippen LogP contribution in [-0.4, -0.2) is 49.7 Å². The van der Waals surface area contributed by atoms with E-state index < -0.39 is 17.5 Å². The Morgan fingerprint density at radius 2 is 1.82 bits per heavy atom. The number of fused-ring (bicyclic) bond motifs is 1. The van der Waals surface area contributed by atoms with Crippen molar-refractivity contribution >= 4 is 38.9 Å². The fourth-order valence-corrected chi connectivity index (χ4v) is 4.15. The van der Waals surface area contributed by atoms with E-state index in [-0.39, 0.29) is 23.9 Å². The van der Waals surface area contributed by atoms with Gasteiger partial charge in [-0.25, -0.2) is 9.78 Å². The number of hydrogen-bond acceptors (Lipinski definition) is 8. The van der Waals surface area contributed by atoms with Crippen LogP contribution in [0.3, 0.4) is 0 Å². The standard InChI is InChI=1S/C20H21BrN6O6/c1-10(28)27-19(11-6-13(31-4)14(32-5)7-12(11)21)33-15(23-27)8-26-9-22-16-17(26)24(2)20(30)25(3)18(16)29/h6-7,9,19H,8H2,1-5H3/t19-/m1/s1. The maximum atomic E-state index is 12.4. The molecule has 0 radical (unpaired) electrons. The Hall–Kier alpha value is -3.61. The summed E-state index contributed by atoms with van der Waals surface area (Å²) in [5, 5.41) is 5.53. The summed E-state index contributed by atoms with van der Waals surface area (Å²) in [6.45, 7) is 1.42.